The minimum absolute atomic E-state index is 0.114. The Hall–Kier alpha value is -0.570. The fourth-order valence-electron chi connectivity index (χ4n) is 3.39. The monoisotopic (exact) mass is 239 g/mol. The first-order valence-electron chi connectivity index (χ1n) is 7.20. The fourth-order valence-corrected chi connectivity index (χ4v) is 3.39. The number of amides is 1. The van der Waals surface area contributed by atoms with Crippen LogP contribution < -0.4 is 0 Å². The molecule has 0 aromatic carbocycles. The van der Waals surface area contributed by atoms with Crippen LogP contribution in [0.3, 0.4) is 0 Å². The molecule has 1 saturated heterocycles. The minimum Gasteiger partial charge on any atom is -0.391 e. The number of carbonyl (C=O) groups excluding carboxylic acids is 1. The Morgan fingerprint density at radius 2 is 2.12 bits per heavy atom. The topological polar surface area (TPSA) is 40.5 Å². The van der Waals surface area contributed by atoms with Crippen LogP contribution >= 0.6 is 0 Å². The number of aliphatic hydroxyl groups is 1. The Kier molecular flexibility index (Phi) is 4.43. The lowest BCUT2D eigenvalue weighted by Crippen LogP contribution is -2.44. The zero-order valence-electron chi connectivity index (χ0n) is 10.9. The molecule has 3 atom stereocenters. The van der Waals surface area contributed by atoms with Gasteiger partial charge in [-0.3, -0.25) is 4.79 Å². The molecule has 17 heavy (non-hydrogen) atoms. The van der Waals surface area contributed by atoms with Gasteiger partial charge in [0.15, 0.2) is 0 Å². The number of likely N-dealkylation sites (tertiary alicyclic amines) is 1. The maximum Gasteiger partial charge on any atom is 0.222 e. The van der Waals surface area contributed by atoms with Crippen molar-refractivity contribution >= 4 is 5.91 Å². The summed E-state index contributed by atoms with van der Waals surface area (Å²) in [5, 5.41) is 9.93. The number of nitrogens with zero attached hydrogens (tertiary/aromatic N) is 1. The minimum atomic E-state index is -0.276. The quantitative estimate of drug-likeness (QED) is 0.821. The van der Waals surface area contributed by atoms with Crippen molar-refractivity contribution in [3.8, 4) is 0 Å². The van der Waals surface area contributed by atoms with Crippen molar-refractivity contribution in [3.05, 3.63) is 0 Å². The summed E-state index contributed by atoms with van der Waals surface area (Å²) in [6.45, 7) is 3.08. The molecule has 3 heteroatoms. The average Bonchev–Trinajstić information content (AvgIpc) is 2.64. The van der Waals surface area contributed by atoms with E-state index in [-0.39, 0.29) is 18.1 Å². The van der Waals surface area contributed by atoms with Crippen LogP contribution in [-0.2, 0) is 4.79 Å². The smallest absolute Gasteiger partial charge is 0.222 e. The van der Waals surface area contributed by atoms with Crippen LogP contribution in [0, 0.1) is 5.92 Å². The number of carbonyl (C=O) groups is 1. The predicted octanol–water partition coefficient (Wildman–Crippen LogP) is 2.33. The van der Waals surface area contributed by atoms with Gasteiger partial charge < -0.3 is 10.0 Å². The molecule has 0 aromatic heterocycles. The summed E-state index contributed by atoms with van der Waals surface area (Å²) in [5.41, 5.74) is 0. The Labute approximate surface area is 104 Å². The summed E-state index contributed by atoms with van der Waals surface area (Å²) >= 11 is 0. The van der Waals surface area contributed by atoms with Gasteiger partial charge in [-0.25, -0.2) is 0 Å². The average molecular weight is 239 g/mol. The van der Waals surface area contributed by atoms with Crippen LogP contribution in [0.5, 0.6) is 0 Å². The van der Waals surface area contributed by atoms with Crippen molar-refractivity contribution in [2.24, 2.45) is 5.92 Å². The second-order valence-electron chi connectivity index (χ2n) is 5.63. The first kappa shape index (κ1) is 12.9. The Morgan fingerprint density at radius 1 is 1.29 bits per heavy atom. The third-order valence-corrected chi connectivity index (χ3v) is 4.41. The van der Waals surface area contributed by atoms with Crippen molar-refractivity contribution < 1.29 is 9.90 Å². The third kappa shape index (κ3) is 3.01. The third-order valence-electron chi connectivity index (χ3n) is 4.41. The molecule has 0 spiro atoms. The molecule has 1 saturated carbocycles. The Balaban J connectivity index is 1.95. The molecule has 0 radical (unpaired) electrons. The van der Waals surface area contributed by atoms with E-state index < -0.39 is 0 Å². The van der Waals surface area contributed by atoms with Gasteiger partial charge in [-0.05, 0) is 38.0 Å². The van der Waals surface area contributed by atoms with E-state index in [1.807, 2.05) is 4.90 Å². The molecule has 1 unspecified atom stereocenters. The van der Waals surface area contributed by atoms with Crippen LogP contribution in [0.25, 0.3) is 0 Å². The largest absolute Gasteiger partial charge is 0.391 e. The van der Waals surface area contributed by atoms with E-state index in [9.17, 15) is 9.90 Å². The summed E-state index contributed by atoms with van der Waals surface area (Å²) in [4.78, 5) is 14.1. The summed E-state index contributed by atoms with van der Waals surface area (Å²) in [6.07, 6.45) is 7.97. The molecular weight excluding hydrogens is 214 g/mol. The first-order valence-corrected chi connectivity index (χ1v) is 7.20. The highest BCUT2D eigenvalue weighted by Gasteiger charge is 2.34. The van der Waals surface area contributed by atoms with Gasteiger partial charge in [0.05, 0.1) is 12.1 Å². The molecule has 1 amide bonds. The van der Waals surface area contributed by atoms with Crippen LogP contribution in [0.15, 0.2) is 0 Å². The van der Waals surface area contributed by atoms with Gasteiger partial charge in [-0.2, -0.15) is 0 Å². The highest BCUT2D eigenvalue weighted by atomic mass is 16.3. The molecule has 3 nitrogen and oxygen atoms in total. The van der Waals surface area contributed by atoms with Crippen LogP contribution in [0.4, 0.5) is 0 Å². The van der Waals surface area contributed by atoms with Gasteiger partial charge in [-0.1, -0.05) is 19.8 Å². The molecule has 0 bridgehead atoms. The van der Waals surface area contributed by atoms with E-state index in [0.29, 0.717) is 12.3 Å². The standard InChI is InChI=1S/C14H25NO2/c1-2-4-11-7-8-14(17)15(10-9-11)12-5-3-6-13(12)16/h11-13,16H,2-10H2,1H3/t11?,12-,13-/m0/s1. The maximum absolute atomic E-state index is 12.1. The zero-order chi connectivity index (χ0) is 12.3. The van der Waals surface area contributed by atoms with Gasteiger partial charge in [0, 0.05) is 13.0 Å². The molecular formula is C14H25NO2. The molecule has 98 valence electrons. The second kappa shape index (κ2) is 5.85. The second-order valence-corrected chi connectivity index (χ2v) is 5.63. The summed E-state index contributed by atoms with van der Waals surface area (Å²) in [6, 6.07) is 0.114. The van der Waals surface area contributed by atoms with Gasteiger partial charge in [-0.15, -0.1) is 0 Å². The molecule has 1 heterocycles. The molecule has 1 N–H and O–H groups in total. The molecule has 2 rings (SSSR count). The van der Waals surface area contributed by atoms with E-state index in [1.54, 1.807) is 0 Å². The van der Waals surface area contributed by atoms with Crippen molar-refractivity contribution in [3.63, 3.8) is 0 Å². The molecule has 1 aliphatic heterocycles. The summed E-state index contributed by atoms with van der Waals surface area (Å²) in [7, 11) is 0. The van der Waals surface area contributed by atoms with Crippen molar-refractivity contribution in [2.75, 3.05) is 6.54 Å². The Morgan fingerprint density at radius 3 is 2.76 bits per heavy atom. The predicted molar refractivity (Wildman–Crippen MR) is 67.6 cm³/mol. The number of rotatable bonds is 3. The molecule has 2 fully saturated rings. The first-order chi connectivity index (χ1) is 8.22. The van der Waals surface area contributed by atoms with Gasteiger partial charge in [0.25, 0.3) is 0 Å². The lowest BCUT2D eigenvalue weighted by atomic mass is 9.96. The SMILES string of the molecule is CCCC1CCC(=O)N([C@H]2CCC[C@@H]2O)CC1. The lowest BCUT2D eigenvalue weighted by molar-refractivity contribution is -0.134. The van der Waals surface area contributed by atoms with Crippen LogP contribution in [0.1, 0.15) is 58.3 Å². The van der Waals surface area contributed by atoms with Crippen molar-refractivity contribution in [1.82, 2.24) is 4.90 Å². The normalized spacial score (nSPS) is 35.1. The summed E-state index contributed by atoms with van der Waals surface area (Å²) < 4.78 is 0. The van der Waals surface area contributed by atoms with E-state index in [4.69, 9.17) is 0 Å². The maximum atomic E-state index is 12.1. The summed E-state index contributed by atoms with van der Waals surface area (Å²) in [5.74, 6) is 0.988. The highest BCUT2D eigenvalue weighted by Crippen LogP contribution is 2.29. The van der Waals surface area contributed by atoms with E-state index in [0.717, 1.165) is 38.6 Å². The van der Waals surface area contributed by atoms with E-state index in [1.165, 1.54) is 12.8 Å². The fraction of sp³-hybridized carbons (Fsp3) is 0.929. The van der Waals surface area contributed by atoms with E-state index >= 15 is 0 Å². The Bertz CT molecular complexity index is 267. The van der Waals surface area contributed by atoms with Gasteiger partial charge >= 0.3 is 0 Å². The number of aliphatic hydroxyl groups excluding tert-OH is 1. The number of hydrogen-bond acceptors (Lipinski definition) is 2. The van der Waals surface area contributed by atoms with E-state index in [2.05, 4.69) is 6.92 Å². The molecule has 2 aliphatic rings. The van der Waals surface area contributed by atoms with Crippen LogP contribution in [0.2, 0.25) is 0 Å². The van der Waals surface area contributed by atoms with Gasteiger partial charge in [0.1, 0.15) is 0 Å². The van der Waals surface area contributed by atoms with Gasteiger partial charge in [0.2, 0.25) is 5.91 Å². The van der Waals surface area contributed by atoms with Crippen molar-refractivity contribution in [1.29, 1.82) is 0 Å². The lowest BCUT2D eigenvalue weighted by Gasteiger charge is -2.30. The molecule has 0 aromatic rings. The molecule has 1 aliphatic carbocycles. The zero-order valence-corrected chi connectivity index (χ0v) is 10.9. The van der Waals surface area contributed by atoms with Crippen LogP contribution in [-0.4, -0.2) is 34.6 Å². The highest BCUT2D eigenvalue weighted by molar-refractivity contribution is 5.76. The van der Waals surface area contributed by atoms with Crippen molar-refractivity contribution in [2.45, 2.75) is 70.4 Å². The number of hydrogen-bond donors (Lipinski definition) is 1.